The molecular weight excluding hydrogens is 288 g/mol. The molecular formula is C19H16N2O2. The highest BCUT2D eigenvalue weighted by Crippen LogP contribution is 2.46. The number of hydrogen-bond acceptors (Lipinski definition) is 4. The fraction of sp³-hybridized carbons (Fsp3) is 0.263. The molecule has 2 aromatic rings. The Balaban J connectivity index is 1.96. The van der Waals surface area contributed by atoms with Gasteiger partial charge in [-0.1, -0.05) is 37.1 Å². The second-order valence-corrected chi connectivity index (χ2v) is 5.72. The van der Waals surface area contributed by atoms with Gasteiger partial charge in [0.25, 0.3) is 12.5 Å². The minimum absolute atomic E-state index is 0.0175. The molecule has 1 fully saturated rings. The van der Waals surface area contributed by atoms with Gasteiger partial charge in [-0.2, -0.15) is 0 Å². The van der Waals surface area contributed by atoms with Crippen molar-refractivity contribution >= 4 is 0 Å². The van der Waals surface area contributed by atoms with Crippen LogP contribution in [0, 0.1) is 23.0 Å². The van der Waals surface area contributed by atoms with Crippen LogP contribution in [0.15, 0.2) is 48.5 Å². The van der Waals surface area contributed by atoms with Gasteiger partial charge in [-0.15, -0.1) is 10.5 Å². The van der Waals surface area contributed by atoms with Crippen molar-refractivity contribution < 1.29 is 9.47 Å². The molecule has 0 saturated heterocycles. The maximum absolute atomic E-state index is 8.59. The molecule has 1 aliphatic carbocycles. The standard InChI is InChI=1S/C19H16N2O2/c20-13-22-17-7-3-15(4-8-17)19(11-1-2-12-19)16-5-9-18(10-6-16)23-14-21/h3-10H,1-2,11-12H2. The number of nitriles is 2. The topological polar surface area (TPSA) is 66.0 Å². The first-order valence-corrected chi connectivity index (χ1v) is 7.61. The van der Waals surface area contributed by atoms with Gasteiger partial charge in [0, 0.05) is 5.41 Å². The van der Waals surface area contributed by atoms with Crippen molar-refractivity contribution in [3.8, 4) is 24.0 Å². The minimum Gasteiger partial charge on any atom is -0.388 e. The first kappa shape index (κ1) is 14.9. The van der Waals surface area contributed by atoms with Crippen molar-refractivity contribution in [2.45, 2.75) is 31.1 Å². The molecule has 23 heavy (non-hydrogen) atoms. The molecule has 1 saturated carbocycles. The Morgan fingerprint density at radius 1 is 0.696 bits per heavy atom. The van der Waals surface area contributed by atoms with E-state index in [1.165, 1.54) is 24.0 Å². The monoisotopic (exact) mass is 304 g/mol. The molecule has 4 heteroatoms. The summed E-state index contributed by atoms with van der Waals surface area (Å²) in [5.41, 5.74) is 2.44. The zero-order chi connectivity index (χ0) is 16.1. The van der Waals surface area contributed by atoms with Crippen LogP contribution < -0.4 is 9.47 Å². The molecule has 0 atom stereocenters. The van der Waals surface area contributed by atoms with E-state index in [1.807, 2.05) is 48.5 Å². The average Bonchev–Trinajstić information content (AvgIpc) is 3.08. The summed E-state index contributed by atoms with van der Waals surface area (Å²) >= 11 is 0. The Morgan fingerprint density at radius 3 is 1.43 bits per heavy atom. The van der Waals surface area contributed by atoms with E-state index in [1.54, 1.807) is 12.5 Å². The van der Waals surface area contributed by atoms with E-state index >= 15 is 0 Å². The Bertz CT molecular complexity index is 684. The van der Waals surface area contributed by atoms with Crippen LogP contribution in [0.2, 0.25) is 0 Å². The molecule has 0 spiro atoms. The van der Waals surface area contributed by atoms with Gasteiger partial charge in [0.1, 0.15) is 11.5 Å². The first-order valence-electron chi connectivity index (χ1n) is 7.61. The predicted molar refractivity (Wildman–Crippen MR) is 84.6 cm³/mol. The second-order valence-electron chi connectivity index (χ2n) is 5.72. The zero-order valence-electron chi connectivity index (χ0n) is 12.7. The van der Waals surface area contributed by atoms with Crippen LogP contribution in [0.25, 0.3) is 0 Å². The van der Waals surface area contributed by atoms with Crippen molar-refractivity contribution in [3.05, 3.63) is 59.7 Å². The summed E-state index contributed by atoms with van der Waals surface area (Å²) in [5, 5.41) is 17.2. The van der Waals surface area contributed by atoms with Crippen LogP contribution in [-0.2, 0) is 5.41 Å². The average molecular weight is 304 g/mol. The highest BCUT2D eigenvalue weighted by atomic mass is 16.5. The lowest BCUT2D eigenvalue weighted by Crippen LogP contribution is -2.23. The second kappa shape index (κ2) is 6.42. The molecule has 2 aromatic carbocycles. The van der Waals surface area contributed by atoms with Gasteiger partial charge in [-0.05, 0) is 48.2 Å². The highest BCUT2D eigenvalue weighted by molar-refractivity contribution is 5.44. The van der Waals surface area contributed by atoms with Crippen molar-refractivity contribution in [3.63, 3.8) is 0 Å². The van der Waals surface area contributed by atoms with Crippen molar-refractivity contribution in [1.82, 2.24) is 0 Å². The molecule has 0 amide bonds. The van der Waals surface area contributed by atoms with Crippen LogP contribution in [0.5, 0.6) is 11.5 Å². The van der Waals surface area contributed by atoms with Crippen molar-refractivity contribution in [2.24, 2.45) is 0 Å². The van der Waals surface area contributed by atoms with Gasteiger partial charge in [0.2, 0.25) is 0 Å². The van der Waals surface area contributed by atoms with E-state index < -0.39 is 0 Å². The number of benzene rings is 2. The summed E-state index contributed by atoms with van der Waals surface area (Å²) in [5.74, 6) is 1.12. The van der Waals surface area contributed by atoms with Crippen LogP contribution in [-0.4, -0.2) is 0 Å². The Hall–Kier alpha value is -2.98. The molecule has 0 radical (unpaired) electrons. The molecule has 0 aliphatic heterocycles. The Labute approximate surface area is 135 Å². The molecule has 0 N–H and O–H groups in total. The number of hydrogen-bond donors (Lipinski definition) is 0. The van der Waals surface area contributed by atoms with Gasteiger partial charge in [-0.3, -0.25) is 0 Å². The summed E-state index contributed by atoms with van der Waals surface area (Å²) in [6.45, 7) is 0. The predicted octanol–water partition coefficient (Wildman–Crippen LogP) is 4.27. The smallest absolute Gasteiger partial charge is 0.292 e. The fourth-order valence-corrected chi connectivity index (χ4v) is 3.51. The highest BCUT2D eigenvalue weighted by Gasteiger charge is 2.37. The normalized spacial score (nSPS) is 15.4. The minimum atomic E-state index is -0.0175. The van der Waals surface area contributed by atoms with Crippen molar-refractivity contribution in [1.29, 1.82) is 10.5 Å². The fourth-order valence-electron chi connectivity index (χ4n) is 3.51. The maximum Gasteiger partial charge on any atom is 0.292 e. The summed E-state index contributed by atoms with van der Waals surface area (Å²) in [6, 6.07) is 15.5. The van der Waals surface area contributed by atoms with Crippen LogP contribution in [0.4, 0.5) is 0 Å². The van der Waals surface area contributed by atoms with Gasteiger partial charge in [-0.25, -0.2) is 0 Å². The van der Waals surface area contributed by atoms with Gasteiger partial charge in [0.15, 0.2) is 0 Å². The Kier molecular flexibility index (Phi) is 4.17. The summed E-state index contributed by atoms with van der Waals surface area (Å²) in [7, 11) is 0. The number of rotatable bonds is 4. The zero-order valence-corrected chi connectivity index (χ0v) is 12.7. The van der Waals surface area contributed by atoms with Gasteiger partial charge >= 0.3 is 0 Å². The first-order chi connectivity index (χ1) is 11.3. The van der Waals surface area contributed by atoms with Crippen LogP contribution >= 0.6 is 0 Å². The van der Waals surface area contributed by atoms with Gasteiger partial charge < -0.3 is 9.47 Å². The SMILES string of the molecule is N#COc1ccc(C2(c3ccc(OC#N)cc3)CCCC2)cc1. The third-order valence-corrected chi connectivity index (χ3v) is 4.60. The molecule has 0 unspecified atom stereocenters. The summed E-state index contributed by atoms with van der Waals surface area (Å²) < 4.78 is 9.73. The molecule has 0 bridgehead atoms. The molecule has 1 aliphatic rings. The third-order valence-electron chi connectivity index (χ3n) is 4.60. The molecule has 0 aromatic heterocycles. The molecule has 114 valence electrons. The maximum atomic E-state index is 8.59. The summed E-state index contributed by atoms with van der Waals surface area (Å²) in [6.07, 6.45) is 7.93. The van der Waals surface area contributed by atoms with Crippen molar-refractivity contribution in [2.75, 3.05) is 0 Å². The van der Waals surface area contributed by atoms with Gasteiger partial charge in [0.05, 0.1) is 0 Å². The van der Waals surface area contributed by atoms with Crippen LogP contribution in [0.1, 0.15) is 36.8 Å². The lowest BCUT2D eigenvalue weighted by Gasteiger charge is -2.30. The summed E-state index contributed by atoms with van der Waals surface area (Å²) in [4.78, 5) is 0. The molecule has 0 heterocycles. The Morgan fingerprint density at radius 2 is 1.09 bits per heavy atom. The lowest BCUT2D eigenvalue weighted by molar-refractivity contribution is 0.499. The number of nitrogens with zero attached hydrogens (tertiary/aromatic N) is 2. The molecule has 3 rings (SSSR count). The van der Waals surface area contributed by atoms with E-state index in [0.29, 0.717) is 11.5 Å². The molecule has 4 nitrogen and oxygen atoms in total. The van der Waals surface area contributed by atoms with E-state index in [2.05, 4.69) is 0 Å². The largest absolute Gasteiger partial charge is 0.388 e. The van der Waals surface area contributed by atoms with E-state index in [0.717, 1.165) is 12.8 Å². The van der Waals surface area contributed by atoms with E-state index in [-0.39, 0.29) is 5.41 Å². The van der Waals surface area contributed by atoms with E-state index in [4.69, 9.17) is 20.0 Å². The lowest BCUT2D eigenvalue weighted by atomic mass is 9.73. The number of ether oxygens (including phenoxy) is 2. The third kappa shape index (κ3) is 2.84. The van der Waals surface area contributed by atoms with E-state index in [9.17, 15) is 0 Å². The quantitative estimate of drug-likeness (QED) is 0.791. The van der Waals surface area contributed by atoms with Crippen LogP contribution in [0.3, 0.4) is 0 Å².